The van der Waals surface area contributed by atoms with Crippen LogP contribution < -0.4 is 4.74 Å². The zero-order valence-electron chi connectivity index (χ0n) is 7.38. The first-order valence-electron chi connectivity index (χ1n) is 4.31. The molecule has 70 valence electrons. The first kappa shape index (κ1) is 8.85. The highest BCUT2D eigenvalue weighted by Gasteiger charge is 2.19. The van der Waals surface area contributed by atoms with E-state index in [4.69, 9.17) is 16.3 Å². The summed E-state index contributed by atoms with van der Waals surface area (Å²) in [5.74, 6) is 0.819. The van der Waals surface area contributed by atoms with Gasteiger partial charge < -0.3 is 9.84 Å². The van der Waals surface area contributed by atoms with Crippen LogP contribution in [0.25, 0.3) is 0 Å². The van der Waals surface area contributed by atoms with Crippen LogP contribution in [0.15, 0.2) is 12.1 Å². The normalized spacial score (nSPS) is 16.5. The van der Waals surface area contributed by atoms with Crippen molar-refractivity contribution in [2.24, 2.45) is 0 Å². The van der Waals surface area contributed by atoms with Crippen molar-refractivity contribution >= 4 is 11.6 Å². The Morgan fingerprint density at radius 3 is 3.00 bits per heavy atom. The maximum absolute atomic E-state index is 9.47. The molecule has 0 aromatic heterocycles. The van der Waals surface area contributed by atoms with Crippen LogP contribution in [0.2, 0.25) is 5.02 Å². The molecule has 0 unspecified atom stereocenters. The lowest BCUT2D eigenvalue weighted by Crippen LogP contribution is -1.95. The van der Waals surface area contributed by atoms with Gasteiger partial charge in [0.2, 0.25) is 0 Å². The molecule has 2 rings (SSSR count). The number of benzene rings is 1. The number of hydrogen-bond acceptors (Lipinski definition) is 2. The topological polar surface area (TPSA) is 29.5 Å². The van der Waals surface area contributed by atoms with E-state index in [1.807, 2.05) is 6.07 Å². The van der Waals surface area contributed by atoms with Crippen LogP contribution in [0.1, 0.15) is 24.2 Å². The Kier molecular flexibility index (Phi) is 2.18. The van der Waals surface area contributed by atoms with Gasteiger partial charge in [0.1, 0.15) is 5.75 Å². The van der Waals surface area contributed by atoms with E-state index < -0.39 is 6.10 Å². The predicted molar refractivity (Wildman–Crippen MR) is 51.3 cm³/mol. The van der Waals surface area contributed by atoms with Crippen molar-refractivity contribution in [1.82, 2.24) is 0 Å². The van der Waals surface area contributed by atoms with Crippen molar-refractivity contribution in [2.75, 3.05) is 6.61 Å². The Hall–Kier alpha value is -0.730. The molecule has 13 heavy (non-hydrogen) atoms. The molecule has 3 heteroatoms. The van der Waals surface area contributed by atoms with Gasteiger partial charge in [-0.25, -0.2) is 0 Å². The van der Waals surface area contributed by atoms with E-state index in [0.717, 1.165) is 23.3 Å². The van der Waals surface area contributed by atoms with Crippen molar-refractivity contribution in [1.29, 1.82) is 0 Å². The number of hydrogen-bond donors (Lipinski definition) is 1. The largest absolute Gasteiger partial charge is 0.493 e. The van der Waals surface area contributed by atoms with Gasteiger partial charge in [0.25, 0.3) is 0 Å². The maximum atomic E-state index is 9.47. The smallest absolute Gasteiger partial charge is 0.128 e. The Bertz CT molecular complexity index is 334. The van der Waals surface area contributed by atoms with E-state index in [2.05, 4.69) is 0 Å². The number of aliphatic hydroxyl groups excluding tert-OH is 1. The summed E-state index contributed by atoms with van der Waals surface area (Å²) in [6.07, 6.45) is 0.362. The lowest BCUT2D eigenvalue weighted by atomic mass is 10.0. The fourth-order valence-electron chi connectivity index (χ4n) is 1.61. The van der Waals surface area contributed by atoms with Gasteiger partial charge in [0.15, 0.2) is 0 Å². The number of ether oxygens (including phenoxy) is 1. The van der Waals surface area contributed by atoms with Gasteiger partial charge in [-0.15, -0.1) is 0 Å². The van der Waals surface area contributed by atoms with Gasteiger partial charge >= 0.3 is 0 Å². The van der Waals surface area contributed by atoms with E-state index in [0.29, 0.717) is 11.6 Å². The van der Waals surface area contributed by atoms with Gasteiger partial charge in [-0.2, -0.15) is 0 Å². The quantitative estimate of drug-likeness (QED) is 0.751. The minimum absolute atomic E-state index is 0.523. The first-order valence-corrected chi connectivity index (χ1v) is 4.69. The maximum Gasteiger partial charge on any atom is 0.128 e. The van der Waals surface area contributed by atoms with Crippen LogP contribution in [0.5, 0.6) is 5.75 Å². The summed E-state index contributed by atoms with van der Waals surface area (Å²) in [5, 5.41) is 10.1. The Labute approximate surface area is 82.1 Å². The second-order valence-corrected chi connectivity index (χ2v) is 3.69. The monoisotopic (exact) mass is 198 g/mol. The molecule has 1 aromatic carbocycles. The molecule has 0 fully saturated rings. The second kappa shape index (κ2) is 3.20. The predicted octanol–water partition coefficient (Wildman–Crippen LogP) is 2.33. The first-order chi connectivity index (χ1) is 6.18. The van der Waals surface area contributed by atoms with Crippen molar-refractivity contribution in [3.05, 3.63) is 28.3 Å². The van der Waals surface area contributed by atoms with Crippen molar-refractivity contribution in [3.63, 3.8) is 0 Å². The zero-order chi connectivity index (χ0) is 9.42. The molecule has 1 atom stereocenters. The van der Waals surface area contributed by atoms with Crippen molar-refractivity contribution < 1.29 is 9.84 Å². The molecule has 0 spiro atoms. The highest BCUT2D eigenvalue weighted by Crippen LogP contribution is 2.35. The highest BCUT2D eigenvalue weighted by molar-refractivity contribution is 6.30. The molecule has 1 heterocycles. The molecule has 1 aromatic rings. The minimum atomic E-state index is -0.523. The van der Waals surface area contributed by atoms with E-state index in [9.17, 15) is 5.11 Å². The summed E-state index contributed by atoms with van der Waals surface area (Å²) in [6.45, 7) is 2.41. The number of rotatable bonds is 1. The molecule has 0 bridgehead atoms. The van der Waals surface area contributed by atoms with Crippen LogP contribution >= 0.6 is 11.6 Å². The van der Waals surface area contributed by atoms with Crippen molar-refractivity contribution in [2.45, 2.75) is 19.4 Å². The Balaban J connectivity index is 2.55. The standard InChI is InChI=1S/C10H11ClO2/c1-6(12)9-5-8(11)4-7-2-3-13-10(7)9/h4-6,12H,2-3H2,1H3/t6-/m1/s1. The molecule has 0 saturated carbocycles. The highest BCUT2D eigenvalue weighted by atomic mass is 35.5. The Morgan fingerprint density at radius 2 is 2.31 bits per heavy atom. The van der Waals surface area contributed by atoms with E-state index >= 15 is 0 Å². The average Bonchev–Trinajstić information content (AvgIpc) is 2.49. The summed E-state index contributed by atoms with van der Waals surface area (Å²) in [5.41, 5.74) is 1.89. The third-order valence-corrected chi connectivity index (χ3v) is 2.45. The molecule has 0 aliphatic carbocycles. The SMILES string of the molecule is C[C@@H](O)c1cc(Cl)cc2c1OCC2. The van der Waals surface area contributed by atoms with Gasteiger partial charge in [-0.1, -0.05) is 11.6 Å². The fraction of sp³-hybridized carbons (Fsp3) is 0.400. The Morgan fingerprint density at radius 1 is 1.54 bits per heavy atom. The second-order valence-electron chi connectivity index (χ2n) is 3.26. The van der Waals surface area contributed by atoms with Gasteiger partial charge in [-0.05, 0) is 24.6 Å². The van der Waals surface area contributed by atoms with Gasteiger partial charge in [0, 0.05) is 17.0 Å². The number of halogens is 1. The van der Waals surface area contributed by atoms with Gasteiger partial charge in [-0.3, -0.25) is 0 Å². The van der Waals surface area contributed by atoms with Crippen LogP contribution in [0, 0.1) is 0 Å². The summed E-state index contributed by atoms with van der Waals surface area (Å²) in [7, 11) is 0. The molecule has 0 radical (unpaired) electrons. The average molecular weight is 199 g/mol. The van der Waals surface area contributed by atoms with Crippen molar-refractivity contribution in [3.8, 4) is 5.75 Å². The summed E-state index contributed by atoms with van der Waals surface area (Å²) in [6, 6.07) is 3.66. The molecule has 1 aliphatic heterocycles. The molecule has 1 N–H and O–H groups in total. The third kappa shape index (κ3) is 1.52. The van der Waals surface area contributed by atoms with E-state index in [1.54, 1.807) is 13.0 Å². The summed E-state index contributed by atoms with van der Waals surface area (Å²) in [4.78, 5) is 0. The lowest BCUT2D eigenvalue weighted by molar-refractivity contribution is 0.193. The van der Waals surface area contributed by atoms with Crippen LogP contribution in [0.3, 0.4) is 0 Å². The molecular formula is C10H11ClO2. The number of fused-ring (bicyclic) bond motifs is 1. The zero-order valence-corrected chi connectivity index (χ0v) is 8.14. The summed E-state index contributed by atoms with van der Waals surface area (Å²) >= 11 is 5.91. The van der Waals surface area contributed by atoms with Crippen LogP contribution in [-0.2, 0) is 6.42 Å². The summed E-state index contributed by atoms with van der Waals surface area (Å²) < 4.78 is 5.43. The van der Waals surface area contributed by atoms with Gasteiger partial charge in [0.05, 0.1) is 12.7 Å². The minimum Gasteiger partial charge on any atom is -0.493 e. The molecule has 2 nitrogen and oxygen atoms in total. The molecule has 0 amide bonds. The lowest BCUT2D eigenvalue weighted by Gasteiger charge is -2.10. The van der Waals surface area contributed by atoms with Crippen LogP contribution in [0.4, 0.5) is 0 Å². The fourth-order valence-corrected chi connectivity index (χ4v) is 1.86. The van der Waals surface area contributed by atoms with E-state index in [-0.39, 0.29) is 0 Å². The number of aliphatic hydroxyl groups is 1. The third-order valence-electron chi connectivity index (χ3n) is 2.23. The molecular weight excluding hydrogens is 188 g/mol. The van der Waals surface area contributed by atoms with E-state index in [1.165, 1.54) is 0 Å². The molecule has 0 saturated heterocycles. The molecule has 1 aliphatic rings. The van der Waals surface area contributed by atoms with Crippen LogP contribution in [-0.4, -0.2) is 11.7 Å².